The van der Waals surface area contributed by atoms with Gasteiger partial charge in [-0.25, -0.2) is 4.39 Å². The van der Waals surface area contributed by atoms with E-state index >= 15 is 0 Å². The van der Waals surface area contributed by atoms with Crippen molar-refractivity contribution in [1.82, 2.24) is 30.1 Å². The number of anilines is 1. The molecule has 7 nitrogen and oxygen atoms in total. The number of rotatable bonds is 6. The van der Waals surface area contributed by atoms with Gasteiger partial charge in [0.25, 0.3) is 0 Å². The van der Waals surface area contributed by atoms with Gasteiger partial charge in [0.1, 0.15) is 11.5 Å². The molecule has 8 heteroatoms. The summed E-state index contributed by atoms with van der Waals surface area (Å²) in [5.41, 5.74) is 8.46. The normalized spacial score (nSPS) is 11.8. The highest BCUT2D eigenvalue weighted by Crippen LogP contribution is 2.35. The lowest BCUT2D eigenvalue weighted by Crippen LogP contribution is -2.10. The largest absolute Gasteiger partial charge is 0.358 e. The minimum Gasteiger partial charge on any atom is -0.358 e. The van der Waals surface area contributed by atoms with Crippen LogP contribution in [0.1, 0.15) is 27.2 Å². The molecule has 6 rings (SSSR count). The molecule has 6 aromatic rings. The van der Waals surface area contributed by atoms with E-state index < -0.39 is 0 Å². The highest BCUT2D eigenvalue weighted by atomic mass is 19.1. The van der Waals surface area contributed by atoms with Gasteiger partial charge in [-0.15, -0.1) is 0 Å². The lowest BCUT2D eigenvalue weighted by atomic mass is 9.91. The average Bonchev–Trinajstić information content (AvgIpc) is 3.51. The monoisotopic (exact) mass is 517 g/mol. The predicted molar refractivity (Wildman–Crippen MR) is 154 cm³/mol. The SMILES string of the molecule is C=C(CC(C)(C)C)Nc1cncc(-c2cc3c(-c4cc5c(-c6cccc(F)c6)cncc5[nH]4)n[nH]c3cn2)c1. The Balaban J connectivity index is 1.37. The third-order valence-electron chi connectivity index (χ3n) is 6.48. The van der Waals surface area contributed by atoms with E-state index in [1.165, 1.54) is 12.1 Å². The molecular weight excluding hydrogens is 489 g/mol. The molecule has 0 aliphatic rings. The topological polar surface area (TPSA) is 95.2 Å². The number of nitrogens with zero attached hydrogens (tertiary/aromatic N) is 4. The van der Waals surface area contributed by atoms with Gasteiger partial charge < -0.3 is 10.3 Å². The van der Waals surface area contributed by atoms with Crippen molar-refractivity contribution in [2.45, 2.75) is 27.2 Å². The Hall–Kier alpha value is -4.85. The number of nitrogens with one attached hydrogen (secondary N) is 3. The molecular formula is C31H28FN7. The van der Waals surface area contributed by atoms with Gasteiger partial charge in [-0.2, -0.15) is 5.10 Å². The van der Waals surface area contributed by atoms with Crippen LogP contribution < -0.4 is 5.32 Å². The third kappa shape index (κ3) is 5.01. The van der Waals surface area contributed by atoms with E-state index in [0.717, 1.165) is 73.4 Å². The number of hydrogen-bond acceptors (Lipinski definition) is 5. The minimum atomic E-state index is -0.286. The number of aromatic amines is 2. The molecule has 0 radical (unpaired) electrons. The maximum absolute atomic E-state index is 13.9. The molecule has 3 N–H and O–H groups in total. The first-order chi connectivity index (χ1) is 18.7. The lowest BCUT2D eigenvalue weighted by Gasteiger charge is -2.20. The summed E-state index contributed by atoms with van der Waals surface area (Å²) in [6.45, 7) is 10.7. The quantitative estimate of drug-likeness (QED) is 0.210. The molecule has 5 heterocycles. The Labute approximate surface area is 225 Å². The van der Waals surface area contributed by atoms with E-state index in [1.807, 2.05) is 24.3 Å². The summed E-state index contributed by atoms with van der Waals surface area (Å²) in [5, 5.41) is 12.9. The first kappa shape index (κ1) is 24.5. The van der Waals surface area contributed by atoms with Gasteiger partial charge in [0.05, 0.1) is 46.7 Å². The number of fused-ring (bicyclic) bond motifs is 2. The molecule has 0 saturated heterocycles. The molecule has 1 aromatic carbocycles. The Morgan fingerprint density at radius 1 is 0.923 bits per heavy atom. The van der Waals surface area contributed by atoms with Gasteiger partial charge >= 0.3 is 0 Å². The van der Waals surface area contributed by atoms with E-state index in [0.29, 0.717) is 0 Å². The first-order valence-electron chi connectivity index (χ1n) is 12.7. The Kier molecular flexibility index (Phi) is 5.95. The van der Waals surface area contributed by atoms with Crippen molar-refractivity contribution >= 4 is 27.5 Å². The molecule has 0 saturated carbocycles. The lowest BCUT2D eigenvalue weighted by molar-refractivity contribution is 0.411. The first-order valence-corrected chi connectivity index (χ1v) is 12.7. The number of allylic oxidation sites excluding steroid dienone is 1. The molecule has 0 aliphatic heterocycles. The molecule has 39 heavy (non-hydrogen) atoms. The van der Waals surface area contributed by atoms with Gasteiger partial charge in [0, 0.05) is 40.0 Å². The van der Waals surface area contributed by atoms with Crippen molar-refractivity contribution in [2.24, 2.45) is 5.41 Å². The molecule has 194 valence electrons. The average molecular weight is 518 g/mol. The fourth-order valence-corrected chi connectivity index (χ4v) is 4.88. The fraction of sp³-hybridized carbons (Fsp3) is 0.161. The number of pyridine rings is 3. The van der Waals surface area contributed by atoms with Crippen molar-refractivity contribution in [3.05, 3.63) is 91.5 Å². The van der Waals surface area contributed by atoms with Gasteiger partial charge in [0.2, 0.25) is 0 Å². The molecule has 0 spiro atoms. The molecule has 0 aliphatic carbocycles. The van der Waals surface area contributed by atoms with Crippen LogP contribution in [0.3, 0.4) is 0 Å². The second-order valence-electron chi connectivity index (χ2n) is 11.0. The van der Waals surface area contributed by atoms with Crippen molar-refractivity contribution in [3.63, 3.8) is 0 Å². The molecule has 0 unspecified atom stereocenters. The zero-order chi connectivity index (χ0) is 27.1. The van der Waals surface area contributed by atoms with E-state index in [2.05, 4.69) is 62.8 Å². The van der Waals surface area contributed by atoms with Crippen molar-refractivity contribution in [3.8, 4) is 33.8 Å². The van der Waals surface area contributed by atoms with Crippen molar-refractivity contribution in [1.29, 1.82) is 0 Å². The van der Waals surface area contributed by atoms with Crippen LogP contribution in [-0.4, -0.2) is 30.1 Å². The number of benzene rings is 1. The second-order valence-corrected chi connectivity index (χ2v) is 11.0. The summed E-state index contributed by atoms with van der Waals surface area (Å²) in [6, 6.07) is 12.6. The van der Waals surface area contributed by atoms with Gasteiger partial charge in [-0.05, 0) is 47.7 Å². The summed E-state index contributed by atoms with van der Waals surface area (Å²) in [4.78, 5) is 16.9. The summed E-state index contributed by atoms with van der Waals surface area (Å²) < 4.78 is 13.9. The highest BCUT2D eigenvalue weighted by molar-refractivity contribution is 6.01. The molecule has 0 atom stereocenters. The van der Waals surface area contributed by atoms with Crippen molar-refractivity contribution < 1.29 is 4.39 Å². The summed E-state index contributed by atoms with van der Waals surface area (Å²) >= 11 is 0. The molecule has 0 bridgehead atoms. The van der Waals surface area contributed by atoms with Crippen LogP contribution in [0.5, 0.6) is 0 Å². The van der Waals surface area contributed by atoms with E-state index in [1.54, 1.807) is 37.1 Å². The Bertz CT molecular complexity index is 1840. The second kappa shape index (κ2) is 9.47. The Morgan fingerprint density at radius 3 is 2.59 bits per heavy atom. The van der Waals surface area contributed by atoms with Gasteiger partial charge in [0.15, 0.2) is 0 Å². The van der Waals surface area contributed by atoms with E-state index in [-0.39, 0.29) is 11.2 Å². The van der Waals surface area contributed by atoms with Crippen LogP contribution in [-0.2, 0) is 0 Å². The maximum Gasteiger partial charge on any atom is 0.123 e. The number of aromatic nitrogens is 6. The number of hydrogen-bond donors (Lipinski definition) is 3. The van der Waals surface area contributed by atoms with Crippen LogP contribution in [0.25, 0.3) is 55.6 Å². The smallest absolute Gasteiger partial charge is 0.123 e. The third-order valence-corrected chi connectivity index (χ3v) is 6.48. The number of halogens is 1. The molecule has 5 aromatic heterocycles. The van der Waals surface area contributed by atoms with Crippen LogP contribution in [0, 0.1) is 11.2 Å². The predicted octanol–water partition coefficient (Wildman–Crippen LogP) is 7.73. The highest BCUT2D eigenvalue weighted by Gasteiger charge is 2.16. The minimum absolute atomic E-state index is 0.135. The van der Waals surface area contributed by atoms with E-state index in [4.69, 9.17) is 0 Å². The molecule has 0 amide bonds. The van der Waals surface area contributed by atoms with Gasteiger partial charge in [-0.3, -0.25) is 20.1 Å². The maximum atomic E-state index is 13.9. The van der Waals surface area contributed by atoms with Crippen LogP contribution in [0.4, 0.5) is 10.1 Å². The van der Waals surface area contributed by atoms with Crippen molar-refractivity contribution in [2.75, 3.05) is 5.32 Å². The van der Waals surface area contributed by atoms with Crippen LogP contribution in [0.15, 0.2) is 85.7 Å². The summed E-state index contributed by atoms with van der Waals surface area (Å²) in [7, 11) is 0. The summed E-state index contributed by atoms with van der Waals surface area (Å²) in [5.74, 6) is -0.286. The molecule has 0 fully saturated rings. The zero-order valence-corrected chi connectivity index (χ0v) is 22.0. The number of H-pyrrole nitrogens is 2. The standard InChI is InChI=1S/C31H28FN7/c1-18(12-31(2,3)4)36-22-9-20(13-33-14-22)26-11-24-29(17-35-26)38-39-30(24)27-10-23-25(15-34-16-28(23)37-27)19-6-5-7-21(32)8-19/h5-11,13-17,36-37H,1,12H2,2-4H3,(H,38,39). The Morgan fingerprint density at radius 2 is 1.77 bits per heavy atom. The summed E-state index contributed by atoms with van der Waals surface area (Å²) in [6.07, 6.45) is 9.73. The van der Waals surface area contributed by atoms with Crippen LogP contribution in [0.2, 0.25) is 0 Å². The van der Waals surface area contributed by atoms with Crippen LogP contribution >= 0.6 is 0 Å². The van der Waals surface area contributed by atoms with Gasteiger partial charge in [-0.1, -0.05) is 39.5 Å². The van der Waals surface area contributed by atoms with E-state index in [9.17, 15) is 4.39 Å². The fourth-order valence-electron chi connectivity index (χ4n) is 4.88. The zero-order valence-electron chi connectivity index (χ0n) is 22.0.